The van der Waals surface area contributed by atoms with Crippen molar-refractivity contribution < 1.29 is 97.7 Å². The molecule has 0 rings (SSSR count). The van der Waals surface area contributed by atoms with E-state index in [1.807, 2.05) is 0 Å². The molecule has 12 heteroatoms. The molecule has 0 saturated carbocycles. The fourth-order valence-corrected chi connectivity index (χ4v) is 2.86. The van der Waals surface area contributed by atoms with Gasteiger partial charge in [0.05, 0.1) is 0 Å². The van der Waals surface area contributed by atoms with Crippen LogP contribution in [0, 0.1) is 0 Å². The van der Waals surface area contributed by atoms with Gasteiger partial charge in [0.2, 0.25) is 0 Å². The van der Waals surface area contributed by atoms with E-state index in [0.717, 1.165) is 0 Å². The van der Waals surface area contributed by atoms with Gasteiger partial charge in [-0.15, -0.1) is 0 Å². The van der Waals surface area contributed by atoms with E-state index >= 15 is 0 Å². The maximum atomic E-state index is 10.4. The number of hydrogen-bond donors (Lipinski definition) is 3. The SMILES string of the molecule is O=C([O-])CC(P(=O)([O-])O)P(=O)(O)O.[Na+].[Na+]. The zero-order valence-corrected chi connectivity index (χ0v) is 13.9. The van der Waals surface area contributed by atoms with Gasteiger partial charge in [0, 0.05) is 12.4 Å². The molecule has 0 heterocycles. The minimum absolute atomic E-state index is 0. The first-order chi connectivity index (χ1) is 5.55. The van der Waals surface area contributed by atoms with Crippen LogP contribution in [-0.2, 0) is 13.9 Å². The number of hydrogen-bond acceptors (Lipinski definition) is 5. The molecule has 15 heavy (non-hydrogen) atoms. The van der Waals surface area contributed by atoms with Gasteiger partial charge in [-0.2, -0.15) is 0 Å². The Kier molecular flexibility index (Phi) is 11.7. The minimum Gasteiger partial charge on any atom is -0.778 e. The van der Waals surface area contributed by atoms with Crippen LogP contribution in [0.25, 0.3) is 0 Å². The molecule has 2 unspecified atom stereocenters. The second kappa shape index (κ2) is 7.97. The fourth-order valence-electron chi connectivity index (χ4n) is 0.573. The van der Waals surface area contributed by atoms with Crippen molar-refractivity contribution in [3.8, 4) is 0 Å². The summed E-state index contributed by atoms with van der Waals surface area (Å²) < 4.78 is 20.7. The molecule has 0 spiro atoms. The molecule has 0 fully saturated rings. The minimum atomic E-state index is -5.39. The van der Waals surface area contributed by atoms with E-state index in [9.17, 15) is 23.9 Å². The Morgan fingerprint density at radius 1 is 1.20 bits per heavy atom. The van der Waals surface area contributed by atoms with E-state index < -0.39 is 33.0 Å². The molecule has 8 nitrogen and oxygen atoms in total. The molecule has 0 aliphatic carbocycles. The maximum absolute atomic E-state index is 10.4. The number of carboxylic acids is 1. The Morgan fingerprint density at radius 2 is 1.53 bits per heavy atom. The van der Waals surface area contributed by atoms with Crippen molar-refractivity contribution in [1.82, 2.24) is 0 Å². The predicted octanol–water partition coefficient (Wildman–Crippen LogP) is -8.82. The molecule has 0 aliphatic heterocycles. The second-order valence-corrected chi connectivity index (χ2v) is 6.17. The van der Waals surface area contributed by atoms with Crippen molar-refractivity contribution in [2.75, 3.05) is 0 Å². The van der Waals surface area contributed by atoms with Gasteiger partial charge >= 0.3 is 66.7 Å². The molecule has 0 saturated heterocycles. The van der Waals surface area contributed by atoms with E-state index in [4.69, 9.17) is 14.7 Å². The monoisotopic (exact) mass is 278 g/mol. The van der Waals surface area contributed by atoms with Gasteiger partial charge in [-0.1, -0.05) is 0 Å². The van der Waals surface area contributed by atoms with Crippen LogP contribution >= 0.6 is 15.2 Å². The van der Waals surface area contributed by atoms with Crippen LogP contribution in [0.2, 0.25) is 0 Å². The Hall–Kier alpha value is 1.77. The van der Waals surface area contributed by atoms with Gasteiger partial charge in [0.1, 0.15) is 13.0 Å². The van der Waals surface area contributed by atoms with E-state index in [0.29, 0.717) is 0 Å². The summed E-state index contributed by atoms with van der Waals surface area (Å²) in [6, 6.07) is 0. The van der Waals surface area contributed by atoms with Gasteiger partial charge < -0.3 is 34.0 Å². The molecule has 0 radical (unpaired) electrons. The molecule has 0 aliphatic rings. The summed E-state index contributed by atoms with van der Waals surface area (Å²) in [5, 5.41) is 7.24. The van der Waals surface area contributed by atoms with Gasteiger partial charge in [0.15, 0.2) is 0 Å². The zero-order chi connectivity index (χ0) is 10.9. The molecule has 0 amide bonds. The molecule has 78 valence electrons. The average Bonchev–Trinajstić information content (AvgIpc) is 1.77. The first-order valence-corrected chi connectivity index (χ1v) is 6.16. The quantitative estimate of drug-likeness (QED) is 0.337. The first kappa shape index (κ1) is 22.0. The zero-order valence-electron chi connectivity index (χ0n) is 8.06. The maximum Gasteiger partial charge on any atom is 1.00 e. The topological polar surface area (TPSA) is 158 Å². The van der Waals surface area contributed by atoms with Gasteiger partial charge in [-0.05, 0) is 0 Å². The number of rotatable bonds is 4. The molecule has 3 N–H and O–H groups in total. The van der Waals surface area contributed by atoms with E-state index in [1.165, 1.54) is 0 Å². The Balaban J connectivity index is -0.000000720. The molecule has 0 aromatic rings. The van der Waals surface area contributed by atoms with Crippen molar-refractivity contribution >= 4 is 21.2 Å². The summed E-state index contributed by atoms with van der Waals surface area (Å²) in [5.41, 5.74) is 0. The molecule has 0 aromatic carbocycles. The summed E-state index contributed by atoms with van der Waals surface area (Å²) in [6.45, 7) is 0. The smallest absolute Gasteiger partial charge is 0.778 e. The van der Waals surface area contributed by atoms with Crippen LogP contribution in [0.3, 0.4) is 0 Å². The standard InChI is InChI=1S/C3H8O8P2.2Na/c4-2(5)1-3(12(6,7)8)13(9,10)11;;/h3H,1H2,(H,4,5)(H2,6,7,8)(H2,9,10,11);;/q;2*+1/p-2. The fraction of sp³-hybridized carbons (Fsp3) is 0.667. The molecule has 0 aromatic heterocycles. The van der Waals surface area contributed by atoms with Crippen molar-refractivity contribution in [1.29, 1.82) is 0 Å². The summed E-state index contributed by atoms with van der Waals surface area (Å²) in [6.07, 6.45) is -1.44. The Morgan fingerprint density at radius 3 is 1.60 bits per heavy atom. The third-order valence-electron chi connectivity index (χ3n) is 1.11. The number of carbonyl (C=O) groups excluding carboxylic acids is 1. The van der Waals surface area contributed by atoms with Crippen molar-refractivity contribution in [3.05, 3.63) is 0 Å². The number of aliphatic carboxylic acids is 1. The summed E-state index contributed by atoms with van der Waals surface area (Å²) in [4.78, 5) is 45.2. The van der Waals surface area contributed by atoms with E-state index in [1.54, 1.807) is 0 Å². The van der Waals surface area contributed by atoms with Crippen LogP contribution in [0.4, 0.5) is 0 Å². The Bertz CT molecular complexity index is 270. The van der Waals surface area contributed by atoms with E-state index in [-0.39, 0.29) is 59.1 Å². The molecular weight excluding hydrogens is 272 g/mol. The first-order valence-electron chi connectivity index (χ1n) is 2.83. The van der Waals surface area contributed by atoms with Gasteiger partial charge in [-0.3, -0.25) is 4.57 Å². The molecular formula is C3H6Na2O8P2. The predicted molar refractivity (Wildman–Crippen MR) is 35.3 cm³/mol. The number of carboxylic acid groups (broad SMARTS) is 1. The van der Waals surface area contributed by atoms with Crippen LogP contribution in [0.1, 0.15) is 6.42 Å². The van der Waals surface area contributed by atoms with Crippen LogP contribution in [0.15, 0.2) is 0 Å². The summed E-state index contributed by atoms with van der Waals surface area (Å²) >= 11 is 0. The third-order valence-corrected chi connectivity index (χ3v) is 4.79. The van der Waals surface area contributed by atoms with Crippen LogP contribution in [0.5, 0.6) is 0 Å². The van der Waals surface area contributed by atoms with Crippen molar-refractivity contribution in [2.24, 2.45) is 0 Å². The Labute approximate surface area is 129 Å². The molecule has 2 atom stereocenters. The van der Waals surface area contributed by atoms with Gasteiger partial charge in [-0.25, -0.2) is 0 Å². The summed E-state index contributed by atoms with van der Waals surface area (Å²) in [5.74, 6) is -1.97. The third kappa shape index (κ3) is 9.47. The largest absolute Gasteiger partial charge is 1.00 e. The normalized spacial score (nSPS) is 16.5. The van der Waals surface area contributed by atoms with Crippen molar-refractivity contribution in [2.45, 2.75) is 11.8 Å². The van der Waals surface area contributed by atoms with Crippen LogP contribution in [-0.4, -0.2) is 26.0 Å². The number of carbonyl (C=O) groups is 1. The average molecular weight is 278 g/mol. The van der Waals surface area contributed by atoms with E-state index in [2.05, 4.69) is 0 Å². The molecule has 0 bridgehead atoms. The van der Waals surface area contributed by atoms with Gasteiger partial charge in [0.25, 0.3) is 0 Å². The summed E-state index contributed by atoms with van der Waals surface area (Å²) in [7, 11) is -10.6. The second-order valence-electron chi connectivity index (χ2n) is 2.21. The van der Waals surface area contributed by atoms with Crippen molar-refractivity contribution in [3.63, 3.8) is 0 Å². The van der Waals surface area contributed by atoms with Crippen LogP contribution < -0.4 is 69.1 Å².